The van der Waals surface area contributed by atoms with Crippen molar-refractivity contribution in [3.05, 3.63) is 35.5 Å². The number of hydrogen-bond acceptors (Lipinski definition) is 6. The van der Waals surface area contributed by atoms with E-state index in [-0.39, 0.29) is 11.9 Å². The van der Waals surface area contributed by atoms with Crippen LogP contribution in [0.3, 0.4) is 0 Å². The topological polar surface area (TPSA) is 93.2 Å². The van der Waals surface area contributed by atoms with Gasteiger partial charge in [0.2, 0.25) is 0 Å². The minimum atomic E-state index is 0.123. The molecule has 2 aromatic heterocycles. The Labute approximate surface area is 172 Å². The lowest BCUT2D eigenvalue weighted by Gasteiger charge is -2.24. The molecule has 1 aliphatic heterocycles. The summed E-state index contributed by atoms with van der Waals surface area (Å²) >= 11 is 0. The van der Waals surface area contributed by atoms with Gasteiger partial charge >= 0.3 is 0 Å². The van der Waals surface area contributed by atoms with Gasteiger partial charge in [-0.3, -0.25) is 14.4 Å². The van der Waals surface area contributed by atoms with Crippen molar-refractivity contribution in [3.63, 3.8) is 0 Å². The van der Waals surface area contributed by atoms with Crippen LogP contribution in [0.1, 0.15) is 73.4 Å². The Morgan fingerprint density at radius 1 is 1.38 bits per heavy atom. The normalized spacial score (nSPS) is 20.4. The van der Waals surface area contributed by atoms with Gasteiger partial charge in [0.25, 0.3) is 5.91 Å². The molecule has 0 bridgehead atoms. The highest BCUT2D eigenvalue weighted by Crippen LogP contribution is 2.43. The zero-order chi connectivity index (χ0) is 20.5. The Kier molecular flexibility index (Phi) is 5.54. The first kappa shape index (κ1) is 19.8. The van der Waals surface area contributed by atoms with Crippen LogP contribution < -0.4 is 5.73 Å². The summed E-state index contributed by atoms with van der Waals surface area (Å²) < 4.78 is 2.09. The Bertz CT molecular complexity index is 876. The molecule has 2 atom stereocenters. The van der Waals surface area contributed by atoms with Crippen molar-refractivity contribution in [2.45, 2.75) is 64.1 Å². The number of carbonyl (C=O) groups excluding carboxylic acids is 1. The predicted molar refractivity (Wildman–Crippen MR) is 111 cm³/mol. The number of likely N-dealkylation sites (tertiary alicyclic amines) is 1. The van der Waals surface area contributed by atoms with E-state index in [4.69, 9.17) is 5.73 Å². The van der Waals surface area contributed by atoms with Crippen molar-refractivity contribution < 1.29 is 4.79 Å². The zero-order valence-electron chi connectivity index (χ0n) is 17.6. The van der Waals surface area contributed by atoms with Crippen LogP contribution in [0.2, 0.25) is 0 Å². The molecule has 3 heterocycles. The Balaban J connectivity index is 1.44. The molecule has 2 aromatic rings. The first-order valence-electron chi connectivity index (χ1n) is 10.6. The van der Waals surface area contributed by atoms with Crippen LogP contribution >= 0.6 is 0 Å². The largest absolute Gasteiger partial charge is 0.384 e. The second-order valence-electron chi connectivity index (χ2n) is 8.43. The van der Waals surface area contributed by atoms with Crippen molar-refractivity contribution >= 4 is 11.7 Å². The fraction of sp³-hybridized carbons (Fsp3) is 0.619. The Morgan fingerprint density at radius 2 is 2.17 bits per heavy atom. The molecule has 29 heavy (non-hydrogen) atoms. The van der Waals surface area contributed by atoms with E-state index in [9.17, 15) is 4.79 Å². The average Bonchev–Trinajstić information content (AvgIpc) is 3.26. The van der Waals surface area contributed by atoms with E-state index < -0.39 is 0 Å². The highest BCUT2D eigenvalue weighted by Gasteiger charge is 2.36. The number of likely N-dealkylation sites (N-methyl/N-ethyl adjacent to an activating group) is 1. The monoisotopic (exact) mass is 397 g/mol. The van der Waals surface area contributed by atoms with E-state index in [1.54, 1.807) is 18.5 Å². The van der Waals surface area contributed by atoms with E-state index in [1.165, 1.54) is 0 Å². The summed E-state index contributed by atoms with van der Waals surface area (Å²) in [4.78, 5) is 26.1. The fourth-order valence-corrected chi connectivity index (χ4v) is 4.12. The zero-order valence-corrected chi connectivity index (χ0v) is 17.6. The maximum Gasteiger partial charge on any atom is 0.257 e. The maximum absolute atomic E-state index is 13.3. The molecule has 2 N–H and O–H groups in total. The standard InChI is InChI=1S/C21H31N7O/c1-4-14(2)28-20(15-5-6-15)17(11-24-28)21(29)27-10-8-16(12-27)26(3)13-19-23-9-7-18(22)25-19/h7,9,11,14-16H,4-6,8,10,12-13H2,1-3H3,(H2,22,23,25)/t14-,16+/m1/s1. The van der Waals surface area contributed by atoms with E-state index in [0.29, 0.717) is 30.1 Å². The van der Waals surface area contributed by atoms with Crippen LogP contribution in [0.15, 0.2) is 18.5 Å². The van der Waals surface area contributed by atoms with Gasteiger partial charge in [-0.15, -0.1) is 0 Å². The summed E-state index contributed by atoms with van der Waals surface area (Å²) in [6, 6.07) is 2.30. The molecular weight excluding hydrogens is 366 g/mol. The summed E-state index contributed by atoms with van der Waals surface area (Å²) in [5.74, 6) is 1.81. The number of rotatable bonds is 7. The second kappa shape index (κ2) is 8.10. The highest BCUT2D eigenvalue weighted by molar-refractivity contribution is 5.95. The molecule has 0 spiro atoms. The average molecular weight is 398 g/mol. The van der Waals surface area contributed by atoms with Gasteiger partial charge in [-0.25, -0.2) is 9.97 Å². The first-order chi connectivity index (χ1) is 14.0. The molecule has 1 saturated carbocycles. The third kappa shape index (κ3) is 4.12. The van der Waals surface area contributed by atoms with Crippen molar-refractivity contribution in [3.8, 4) is 0 Å². The molecular formula is C21H31N7O. The molecule has 156 valence electrons. The third-order valence-corrected chi connectivity index (χ3v) is 6.23. The van der Waals surface area contributed by atoms with E-state index in [0.717, 1.165) is 50.0 Å². The Morgan fingerprint density at radius 3 is 2.86 bits per heavy atom. The molecule has 1 amide bonds. The van der Waals surface area contributed by atoms with Crippen LogP contribution in [0.5, 0.6) is 0 Å². The van der Waals surface area contributed by atoms with Gasteiger partial charge < -0.3 is 10.6 Å². The number of nitrogens with zero attached hydrogens (tertiary/aromatic N) is 6. The second-order valence-corrected chi connectivity index (χ2v) is 8.43. The molecule has 2 fully saturated rings. The van der Waals surface area contributed by atoms with Gasteiger partial charge in [-0.1, -0.05) is 6.92 Å². The first-order valence-corrected chi connectivity index (χ1v) is 10.6. The van der Waals surface area contributed by atoms with Crippen molar-refractivity contribution in [2.75, 3.05) is 25.9 Å². The van der Waals surface area contributed by atoms with Gasteiger partial charge in [0, 0.05) is 37.3 Å². The van der Waals surface area contributed by atoms with Crippen molar-refractivity contribution in [1.29, 1.82) is 0 Å². The molecule has 8 nitrogen and oxygen atoms in total. The number of carbonyl (C=O) groups is 1. The van der Waals surface area contributed by atoms with Gasteiger partial charge in [0.15, 0.2) is 0 Å². The fourth-order valence-electron chi connectivity index (χ4n) is 4.12. The number of aromatic nitrogens is 4. The lowest BCUT2D eigenvalue weighted by Crippen LogP contribution is -2.36. The van der Waals surface area contributed by atoms with E-state index in [1.807, 2.05) is 4.90 Å². The van der Waals surface area contributed by atoms with Crippen molar-refractivity contribution in [2.24, 2.45) is 0 Å². The van der Waals surface area contributed by atoms with Gasteiger partial charge in [-0.05, 0) is 45.7 Å². The SMILES string of the molecule is CC[C@@H](C)n1ncc(C(=O)N2CC[C@H](N(C)Cc3nccc(N)n3)C2)c1C1CC1. The van der Waals surface area contributed by atoms with Crippen LogP contribution in [-0.2, 0) is 6.54 Å². The molecule has 1 saturated heterocycles. The summed E-state index contributed by atoms with van der Waals surface area (Å²) in [5, 5.41) is 4.59. The molecule has 0 aromatic carbocycles. The lowest BCUT2D eigenvalue weighted by atomic mass is 10.1. The minimum Gasteiger partial charge on any atom is -0.384 e. The maximum atomic E-state index is 13.3. The number of amides is 1. The number of nitrogen functional groups attached to an aromatic ring is 1. The van der Waals surface area contributed by atoms with Crippen molar-refractivity contribution in [1.82, 2.24) is 29.5 Å². The lowest BCUT2D eigenvalue weighted by molar-refractivity contribution is 0.0778. The van der Waals surface area contributed by atoms with Gasteiger partial charge in [-0.2, -0.15) is 5.10 Å². The molecule has 0 radical (unpaired) electrons. The quantitative estimate of drug-likeness (QED) is 0.771. The summed E-state index contributed by atoms with van der Waals surface area (Å²) in [6.07, 6.45) is 7.76. The van der Waals surface area contributed by atoms with Gasteiger partial charge in [0.05, 0.1) is 24.0 Å². The Hall–Kier alpha value is -2.48. The summed E-state index contributed by atoms with van der Waals surface area (Å²) in [7, 11) is 2.06. The third-order valence-electron chi connectivity index (χ3n) is 6.23. The molecule has 1 aliphatic carbocycles. The number of anilines is 1. The smallest absolute Gasteiger partial charge is 0.257 e. The highest BCUT2D eigenvalue weighted by atomic mass is 16.2. The summed E-state index contributed by atoms with van der Waals surface area (Å²) in [5.41, 5.74) is 7.71. The number of nitrogens with two attached hydrogens (primary N) is 1. The minimum absolute atomic E-state index is 0.123. The number of hydrogen-bond donors (Lipinski definition) is 1. The predicted octanol–water partition coefficient (Wildman–Crippen LogP) is 2.45. The molecule has 8 heteroatoms. The van der Waals surface area contributed by atoms with E-state index >= 15 is 0 Å². The van der Waals surface area contributed by atoms with Crippen LogP contribution in [0.4, 0.5) is 5.82 Å². The van der Waals surface area contributed by atoms with E-state index in [2.05, 4.69) is 45.5 Å². The van der Waals surface area contributed by atoms with Gasteiger partial charge in [0.1, 0.15) is 11.6 Å². The van der Waals surface area contributed by atoms with Crippen LogP contribution in [0, 0.1) is 0 Å². The molecule has 2 aliphatic rings. The molecule has 0 unspecified atom stereocenters. The van der Waals surface area contributed by atoms with Crippen LogP contribution in [-0.4, -0.2) is 61.6 Å². The summed E-state index contributed by atoms with van der Waals surface area (Å²) in [6.45, 7) is 6.44. The van der Waals surface area contributed by atoms with Crippen LogP contribution in [0.25, 0.3) is 0 Å². The molecule has 4 rings (SSSR count).